The Labute approximate surface area is 394 Å². The summed E-state index contributed by atoms with van der Waals surface area (Å²) in [4.78, 5) is 0. The Balaban J connectivity index is 0.000000479. The largest absolute Gasteiger partial charge is 0.313 e. The standard InChI is InChI=1S/C55H38N2.C6H8.C4H8/c1-35-20-29-51-50-12-4-7-19-54(50)57(55(51)30-35)43-28-26-37-32-41(24-22-39(37)34-43)45-14-9-15-46-44(13-8-16-47(45)46)40-23-21-38-33-42(27-25-36(38)31-40)56-52-17-5-2-10-48(52)49-11-3-6-18-53(49)56;1-4-6(3)5-2;1-3-4-2/h2-29,31-35H,30H2,1H3;4-5H,1-3H2;3-4H,1-2H3/b;;4-3-. The van der Waals surface area contributed by atoms with Crippen LogP contribution in [0, 0.1) is 5.92 Å². The summed E-state index contributed by atoms with van der Waals surface area (Å²) >= 11 is 0. The highest BCUT2D eigenvalue weighted by Gasteiger charge is 2.21. The normalized spacial score (nSPS) is 13.1. The van der Waals surface area contributed by atoms with E-state index in [1.54, 1.807) is 12.2 Å². The van der Waals surface area contributed by atoms with Gasteiger partial charge in [0.05, 0.1) is 16.6 Å². The topological polar surface area (TPSA) is 9.86 Å². The van der Waals surface area contributed by atoms with Gasteiger partial charge in [-0.15, -0.1) is 0 Å². The molecule has 2 aromatic heterocycles. The van der Waals surface area contributed by atoms with Crippen LogP contribution in [0.5, 0.6) is 0 Å². The van der Waals surface area contributed by atoms with Gasteiger partial charge in [-0.2, -0.15) is 0 Å². The molecule has 0 bridgehead atoms. The Morgan fingerprint density at radius 3 is 1.40 bits per heavy atom. The molecule has 67 heavy (non-hydrogen) atoms. The molecular weight excluding hydrogens is 809 g/mol. The number of hydrogen-bond donors (Lipinski definition) is 0. The molecule has 2 nitrogen and oxygen atoms in total. The molecule has 1 atom stereocenters. The molecule has 0 spiro atoms. The number of nitrogens with zero attached hydrogens (tertiary/aromatic N) is 2. The van der Waals surface area contributed by atoms with E-state index in [9.17, 15) is 0 Å². The molecule has 0 saturated heterocycles. The van der Waals surface area contributed by atoms with E-state index in [0.717, 1.165) is 12.0 Å². The number of hydrogen-bond acceptors (Lipinski definition) is 0. The van der Waals surface area contributed by atoms with Crippen molar-refractivity contribution in [3.05, 3.63) is 249 Å². The summed E-state index contributed by atoms with van der Waals surface area (Å²) in [6.45, 7) is 16.8. The van der Waals surface area contributed by atoms with E-state index in [1.165, 1.54) is 110 Å². The molecule has 1 unspecified atom stereocenters. The summed E-state index contributed by atoms with van der Waals surface area (Å²) in [5, 5.41) is 11.4. The van der Waals surface area contributed by atoms with Crippen molar-refractivity contribution in [2.45, 2.75) is 27.2 Å². The molecule has 0 radical (unpaired) electrons. The van der Waals surface area contributed by atoms with E-state index in [4.69, 9.17) is 0 Å². The third-order valence-corrected chi connectivity index (χ3v) is 13.3. The van der Waals surface area contributed by atoms with Crippen molar-refractivity contribution in [2.75, 3.05) is 0 Å². The lowest BCUT2D eigenvalue weighted by Gasteiger charge is -2.18. The van der Waals surface area contributed by atoms with Crippen molar-refractivity contribution in [3.8, 4) is 33.6 Å². The van der Waals surface area contributed by atoms with Gasteiger partial charge in [0.1, 0.15) is 0 Å². The summed E-state index contributed by atoms with van der Waals surface area (Å²) in [5.41, 5.74) is 14.7. The molecule has 0 amide bonds. The van der Waals surface area contributed by atoms with E-state index < -0.39 is 0 Å². The van der Waals surface area contributed by atoms with Gasteiger partial charge < -0.3 is 9.13 Å². The second-order valence-electron chi connectivity index (χ2n) is 17.5. The summed E-state index contributed by atoms with van der Waals surface area (Å²) in [5.74, 6) is 0.525. The van der Waals surface area contributed by atoms with Crippen LogP contribution in [0.25, 0.3) is 105 Å². The van der Waals surface area contributed by atoms with Crippen LogP contribution in [0.4, 0.5) is 0 Å². The molecule has 1 aliphatic carbocycles. The van der Waals surface area contributed by atoms with Gasteiger partial charge in [0, 0.05) is 38.8 Å². The quantitative estimate of drug-likeness (QED) is 0.116. The maximum Gasteiger partial charge on any atom is 0.0541 e. The molecule has 2 heteroatoms. The van der Waals surface area contributed by atoms with Crippen molar-refractivity contribution in [3.63, 3.8) is 0 Å². The highest BCUT2D eigenvalue weighted by atomic mass is 15.0. The first-order valence-electron chi connectivity index (χ1n) is 23.3. The van der Waals surface area contributed by atoms with Crippen LogP contribution < -0.4 is 0 Å². The smallest absolute Gasteiger partial charge is 0.0541 e. The van der Waals surface area contributed by atoms with Crippen molar-refractivity contribution in [1.82, 2.24) is 9.13 Å². The first-order chi connectivity index (χ1) is 32.9. The van der Waals surface area contributed by atoms with Gasteiger partial charge >= 0.3 is 0 Å². The Bertz CT molecular complexity index is 3700. The second-order valence-corrected chi connectivity index (χ2v) is 17.5. The average Bonchev–Trinajstić information content (AvgIpc) is 3.90. The van der Waals surface area contributed by atoms with Gasteiger partial charge in [0.2, 0.25) is 0 Å². The Kier molecular flexibility index (Phi) is 11.7. The minimum absolute atomic E-state index is 0.525. The summed E-state index contributed by atoms with van der Waals surface area (Å²) in [7, 11) is 0. The molecule has 0 saturated carbocycles. The van der Waals surface area contributed by atoms with Gasteiger partial charge in [-0.3, -0.25) is 0 Å². The van der Waals surface area contributed by atoms with Gasteiger partial charge in [-0.05, 0) is 141 Å². The molecule has 0 aliphatic heterocycles. The zero-order valence-electron chi connectivity index (χ0n) is 38.6. The molecule has 1 aliphatic rings. The number of para-hydroxylation sites is 3. The highest BCUT2D eigenvalue weighted by molar-refractivity contribution is 6.10. The van der Waals surface area contributed by atoms with Crippen LogP contribution in [0.3, 0.4) is 0 Å². The fourth-order valence-corrected chi connectivity index (χ4v) is 9.81. The highest BCUT2D eigenvalue weighted by Crippen LogP contribution is 2.40. The van der Waals surface area contributed by atoms with Crippen molar-refractivity contribution < 1.29 is 0 Å². The van der Waals surface area contributed by atoms with Crippen molar-refractivity contribution >= 4 is 71.1 Å². The molecule has 0 fully saturated rings. The van der Waals surface area contributed by atoms with Crippen LogP contribution in [0.15, 0.2) is 238 Å². The van der Waals surface area contributed by atoms with E-state index >= 15 is 0 Å². The predicted molar refractivity (Wildman–Crippen MR) is 293 cm³/mol. The van der Waals surface area contributed by atoms with Crippen LogP contribution in [0.1, 0.15) is 32.0 Å². The number of rotatable bonds is 6. The lowest BCUT2D eigenvalue weighted by molar-refractivity contribution is 0.691. The third kappa shape index (κ3) is 7.91. The minimum atomic E-state index is 0.525. The lowest BCUT2D eigenvalue weighted by atomic mass is 9.91. The lowest BCUT2D eigenvalue weighted by Crippen LogP contribution is -2.08. The fourth-order valence-electron chi connectivity index (χ4n) is 9.81. The zero-order valence-corrected chi connectivity index (χ0v) is 38.6. The Morgan fingerprint density at radius 1 is 0.478 bits per heavy atom. The van der Waals surface area contributed by atoms with Crippen LogP contribution >= 0.6 is 0 Å². The maximum atomic E-state index is 3.56. The molecule has 12 rings (SSSR count). The van der Waals surface area contributed by atoms with E-state index in [1.807, 2.05) is 26.0 Å². The van der Waals surface area contributed by atoms with Gasteiger partial charge in [-0.1, -0.05) is 191 Å². The molecule has 11 aromatic rings. The first kappa shape index (κ1) is 42.7. The summed E-state index contributed by atoms with van der Waals surface area (Å²) < 4.78 is 4.88. The van der Waals surface area contributed by atoms with Gasteiger partial charge in [0.25, 0.3) is 0 Å². The van der Waals surface area contributed by atoms with Crippen molar-refractivity contribution in [2.24, 2.45) is 5.92 Å². The Morgan fingerprint density at radius 2 is 0.910 bits per heavy atom. The molecule has 9 aromatic carbocycles. The third-order valence-electron chi connectivity index (χ3n) is 13.3. The summed E-state index contributed by atoms with van der Waals surface area (Å²) in [6, 6.07) is 67.5. The SMILES string of the molecule is C/C=C\C.C=CC(=C)C=C.CC1C=Cc2c(n(-c3ccc4cc(-c5cccc6c(-c7ccc8cc(-n9c%10ccccc%10c%10ccccc%109)ccc8c7)cccc56)ccc4c3)c3ccccc23)C1. The zero-order chi connectivity index (χ0) is 46.0. The van der Waals surface area contributed by atoms with E-state index in [0.29, 0.717) is 5.92 Å². The predicted octanol–water partition coefficient (Wildman–Crippen LogP) is 18.2. The van der Waals surface area contributed by atoms with Crippen LogP contribution in [-0.2, 0) is 6.42 Å². The number of fused-ring (bicyclic) bond motifs is 9. The Hall–Kier alpha value is -8.20. The van der Waals surface area contributed by atoms with E-state index in [2.05, 4.69) is 230 Å². The van der Waals surface area contributed by atoms with Crippen LogP contribution in [-0.4, -0.2) is 9.13 Å². The second kappa shape index (κ2) is 18.4. The molecule has 0 N–H and O–H groups in total. The average molecular weight is 863 g/mol. The van der Waals surface area contributed by atoms with Crippen LogP contribution in [0.2, 0.25) is 0 Å². The minimum Gasteiger partial charge on any atom is -0.313 e. The molecule has 2 heterocycles. The van der Waals surface area contributed by atoms with Gasteiger partial charge in [-0.25, -0.2) is 0 Å². The van der Waals surface area contributed by atoms with Gasteiger partial charge in [0.15, 0.2) is 0 Å². The monoisotopic (exact) mass is 862 g/mol. The maximum absolute atomic E-state index is 3.56. The number of benzene rings is 9. The number of aromatic nitrogens is 2. The van der Waals surface area contributed by atoms with E-state index in [-0.39, 0.29) is 0 Å². The first-order valence-corrected chi connectivity index (χ1v) is 23.3. The fraction of sp³-hybridized carbons (Fsp3) is 0.0769. The number of allylic oxidation sites excluding steroid dienone is 6. The molecular formula is C65H54N2. The van der Waals surface area contributed by atoms with Crippen molar-refractivity contribution in [1.29, 1.82) is 0 Å². The summed E-state index contributed by atoms with van der Waals surface area (Å²) in [6.07, 6.45) is 13.0. The molecule has 324 valence electrons.